The molecule has 0 spiro atoms. The predicted molar refractivity (Wildman–Crippen MR) is 122 cm³/mol. The molecule has 0 saturated carbocycles. The largest absolute Gasteiger partial charge is 0.485 e. The lowest BCUT2D eigenvalue weighted by Gasteiger charge is -2.17. The van der Waals surface area contributed by atoms with Crippen LogP contribution in [-0.2, 0) is 11.2 Å². The summed E-state index contributed by atoms with van der Waals surface area (Å²) >= 11 is 0. The SMILES string of the molecule is COc1ncnc2cc3c(cc12)N(C)C(=O)C(=NC(=O)c1n[nH]c(Cc2ccc(F)cc2)n1)CO3. The van der Waals surface area contributed by atoms with E-state index in [-0.39, 0.29) is 24.0 Å². The van der Waals surface area contributed by atoms with Crippen LogP contribution in [-0.4, -0.2) is 63.4 Å². The molecule has 3 heterocycles. The van der Waals surface area contributed by atoms with Gasteiger partial charge in [-0.05, 0) is 23.8 Å². The number of carbonyl (C=O) groups excluding carboxylic acids is 2. The Morgan fingerprint density at radius 3 is 2.83 bits per heavy atom. The van der Waals surface area contributed by atoms with E-state index in [4.69, 9.17) is 9.47 Å². The van der Waals surface area contributed by atoms with Crippen molar-refractivity contribution in [3.05, 3.63) is 65.8 Å². The summed E-state index contributed by atoms with van der Waals surface area (Å²) in [7, 11) is 3.04. The number of hydrogen-bond acceptors (Lipinski definition) is 8. The van der Waals surface area contributed by atoms with Crippen LogP contribution in [0.25, 0.3) is 10.9 Å². The summed E-state index contributed by atoms with van der Waals surface area (Å²) in [5.41, 5.74) is 1.70. The Labute approximate surface area is 197 Å². The highest BCUT2D eigenvalue weighted by atomic mass is 19.1. The fourth-order valence-electron chi connectivity index (χ4n) is 3.62. The highest BCUT2D eigenvalue weighted by Gasteiger charge is 2.28. The molecule has 5 rings (SSSR count). The number of hydrogen-bond donors (Lipinski definition) is 1. The molecule has 35 heavy (non-hydrogen) atoms. The molecule has 12 heteroatoms. The number of nitrogens with one attached hydrogen (secondary N) is 1. The molecule has 176 valence electrons. The molecule has 0 unspecified atom stereocenters. The normalized spacial score (nSPS) is 14.5. The van der Waals surface area contributed by atoms with Gasteiger partial charge in [-0.3, -0.25) is 14.7 Å². The van der Waals surface area contributed by atoms with Gasteiger partial charge in [0.15, 0.2) is 0 Å². The number of aliphatic imine (C=N–C) groups is 1. The monoisotopic (exact) mass is 475 g/mol. The zero-order chi connectivity index (χ0) is 24.5. The van der Waals surface area contributed by atoms with Gasteiger partial charge in [0.2, 0.25) is 11.7 Å². The molecule has 1 aliphatic rings. The van der Waals surface area contributed by atoms with Gasteiger partial charge in [0.25, 0.3) is 5.91 Å². The van der Waals surface area contributed by atoms with Crippen molar-refractivity contribution in [2.75, 3.05) is 25.7 Å². The van der Waals surface area contributed by atoms with Gasteiger partial charge in [0.05, 0.1) is 23.7 Å². The summed E-state index contributed by atoms with van der Waals surface area (Å²) in [5.74, 6) is -0.711. The molecule has 0 atom stereocenters. The van der Waals surface area contributed by atoms with E-state index in [2.05, 4.69) is 30.1 Å². The van der Waals surface area contributed by atoms with Crippen LogP contribution in [0.4, 0.5) is 10.1 Å². The molecule has 1 N–H and O–H groups in total. The average molecular weight is 475 g/mol. The van der Waals surface area contributed by atoms with E-state index in [9.17, 15) is 14.0 Å². The molecule has 0 fully saturated rings. The zero-order valence-corrected chi connectivity index (χ0v) is 18.6. The van der Waals surface area contributed by atoms with Crippen LogP contribution in [0, 0.1) is 5.82 Å². The molecule has 2 aromatic heterocycles. The Morgan fingerprint density at radius 2 is 2.06 bits per heavy atom. The van der Waals surface area contributed by atoms with Crippen LogP contribution >= 0.6 is 0 Å². The van der Waals surface area contributed by atoms with Crippen molar-refractivity contribution in [2.45, 2.75) is 6.42 Å². The number of methoxy groups -OCH3 is 1. The van der Waals surface area contributed by atoms with E-state index in [0.29, 0.717) is 40.5 Å². The smallest absolute Gasteiger partial charge is 0.317 e. The quantitative estimate of drug-likeness (QED) is 0.474. The lowest BCUT2D eigenvalue weighted by molar-refractivity contribution is -0.112. The van der Waals surface area contributed by atoms with E-state index in [1.165, 1.54) is 30.5 Å². The van der Waals surface area contributed by atoms with Gasteiger partial charge in [0, 0.05) is 19.5 Å². The third-order valence-electron chi connectivity index (χ3n) is 5.39. The number of halogens is 1. The minimum absolute atomic E-state index is 0.110. The lowest BCUT2D eigenvalue weighted by Crippen LogP contribution is -2.34. The highest BCUT2D eigenvalue weighted by Crippen LogP contribution is 2.36. The van der Waals surface area contributed by atoms with Crippen LogP contribution in [0.5, 0.6) is 11.6 Å². The molecule has 0 saturated heterocycles. The minimum Gasteiger partial charge on any atom is -0.485 e. The maximum absolute atomic E-state index is 13.1. The van der Waals surface area contributed by atoms with Crippen molar-refractivity contribution >= 4 is 34.1 Å². The van der Waals surface area contributed by atoms with Gasteiger partial charge >= 0.3 is 5.91 Å². The van der Waals surface area contributed by atoms with Crippen LogP contribution in [0.3, 0.4) is 0 Å². The number of ether oxygens (including phenoxy) is 2. The Bertz CT molecular complexity index is 1480. The maximum atomic E-state index is 13.1. The van der Waals surface area contributed by atoms with Crippen LogP contribution < -0.4 is 14.4 Å². The Hall–Kier alpha value is -4.74. The highest BCUT2D eigenvalue weighted by molar-refractivity contribution is 6.46. The van der Waals surface area contributed by atoms with Crippen LogP contribution in [0.15, 0.2) is 47.7 Å². The molecule has 2 amide bonds. The number of H-pyrrole nitrogens is 1. The van der Waals surface area contributed by atoms with Gasteiger partial charge in [-0.1, -0.05) is 12.1 Å². The standard InChI is InChI=1S/C23H18FN7O4/c1-31-17-8-14-15(25-11-26-22(14)34-2)9-18(17)35-10-16(23(31)33)27-21(32)20-28-19(29-30-20)7-12-3-5-13(24)6-4-12/h3-6,8-9,11H,7,10H2,1-2H3,(H,28,29,30). The molecule has 1 aliphatic heterocycles. The second-order valence-electron chi connectivity index (χ2n) is 7.65. The summed E-state index contributed by atoms with van der Waals surface area (Å²) in [6.07, 6.45) is 1.68. The van der Waals surface area contributed by atoms with Crippen molar-refractivity contribution in [2.24, 2.45) is 4.99 Å². The third kappa shape index (κ3) is 4.28. The van der Waals surface area contributed by atoms with Gasteiger partial charge in [-0.15, -0.1) is 5.10 Å². The first kappa shape index (κ1) is 22.1. The number of fused-ring (bicyclic) bond motifs is 2. The molecule has 0 bridgehead atoms. The molecular weight excluding hydrogens is 457 g/mol. The number of carbonyl (C=O) groups is 2. The molecule has 0 radical (unpaired) electrons. The Balaban J connectivity index is 1.39. The van der Waals surface area contributed by atoms with Gasteiger partial charge in [0.1, 0.15) is 36.0 Å². The number of nitrogens with zero attached hydrogens (tertiary/aromatic N) is 6. The number of aromatic nitrogens is 5. The van der Waals surface area contributed by atoms with E-state index >= 15 is 0 Å². The molecule has 11 nitrogen and oxygen atoms in total. The summed E-state index contributed by atoms with van der Waals surface area (Å²) in [6, 6.07) is 9.24. The Kier molecular flexibility index (Phi) is 5.61. The predicted octanol–water partition coefficient (Wildman–Crippen LogP) is 2.12. The third-order valence-corrected chi connectivity index (χ3v) is 5.39. The first-order valence-electron chi connectivity index (χ1n) is 10.4. The number of benzene rings is 2. The van der Waals surface area contributed by atoms with E-state index in [1.807, 2.05) is 0 Å². The molecular formula is C23H18FN7O4. The van der Waals surface area contributed by atoms with Crippen molar-refractivity contribution in [3.8, 4) is 11.6 Å². The minimum atomic E-state index is -0.796. The summed E-state index contributed by atoms with van der Waals surface area (Å²) in [5, 5.41) is 7.16. The van der Waals surface area contributed by atoms with E-state index < -0.39 is 11.8 Å². The van der Waals surface area contributed by atoms with E-state index in [0.717, 1.165) is 5.56 Å². The second kappa shape index (κ2) is 8.89. The first-order valence-corrected chi connectivity index (χ1v) is 10.4. The molecule has 0 aliphatic carbocycles. The number of amides is 2. The van der Waals surface area contributed by atoms with Gasteiger partial charge in [-0.2, -0.15) is 0 Å². The van der Waals surface area contributed by atoms with Crippen LogP contribution in [0.1, 0.15) is 22.0 Å². The Morgan fingerprint density at radius 1 is 1.26 bits per heavy atom. The topological polar surface area (TPSA) is 136 Å². The first-order chi connectivity index (χ1) is 16.9. The number of aromatic amines is 1. The van der Waals surface area contributed by atoms with Crippen molar-refractivity contribution < 1.29 is 23.5 Å². The summed E-state index contributed by atoms with van der Waals surface area (Å²) in [6.45, 7) is -0.234. The summed E-state index contributed by atoms with van der Waals surface area (Å²) in [4.78, 5) is 43.5. The lowest BCUT2D eigenvalue weighted by atomic mass is 10.1. The maximum Gasteiger partial charge on any atom is 0.317 e. The van der Waals surface area contributed by atoms with Crippen molar-refractivity contribution in [1.82, 2.24) is 25.1 Å². The van der Waals surface area contributed by atoms with Crippen LogP contribution in [0.2, 0.25) is 0 Å². The molecule has 2 aromatic carbocycles. The average Bonchev–Trinajstić information content (AvgIpc) is 3.30. The number of rotatable bonds is 4. The van der Waals surface area contributed by atoms with Crippen molar-refractivity contribution in [3.63, 3.8) is 0 Å². The molecule has 4 aromatic rings. The second-order valence-corrected chi connectivity index (χ2v) is 7.65. The van der Waals surface area contributed by atoms with E-state index in [1.54, 1.807) is 31.3 Å². The summed E-state index contributed by atoms with van der Waals surface area (Å²) < 4.78 is 24.2. The zero-order valence-electron chi connectivity index (χ0n) is 18.6. The van der Waals surface area contributed by atoms with Gasteiger partial charge < -0.3 is 14.4 Å². The number of anilines is 1. The van der Waals surface area contributed by atoms with Gasteiger partial charge in [-0.25, -0.2) is 24.3 Å². The van der Waals surface area contributed by atoms with Crippen molar-refractivity contribution in [1.29, 1.82) is 0 Å². The fraction of sp³-hybridized carbons (Fsp3) is 0.174. The fourth-order valence-corrected chi connectivity index (χ4v) is 3.62.